The first-order chi connectivity index (χ1) is 13.4. The van der Waals surface area contributed by atoms with E-state index in [1.54, 1.807) is 24.3 Å². The molecule has 0 bridgehead atoms. The lowest BCUT2D eigenvalue weighted by atomic mass is 10.1. The smallest absolute Gasteiger partial charge is 0.265 e. The molecule has 0 aliphatic rings. The average Bonchev–Trinajstić information content (AvgIpc) is 3.13. The van der Waals surface area contributed by atoms with E-state index in [1.807, 2.05) is 30.5 Å². The second-order valence-electron chi connectivity index (χ2n) is 6.52. The first-order valence-electron chi connectivity index (χ1n) is 8.88. The van der Waals surface area contributed by atoms with Crippen LogP contribution in [0.1, 0.15) is 33.3 Å². The fraction of sp³-hybridized carbons (Fsp3) is 0.182. The second-order valence-corrected chi connectivity index (χ2v) is 7.43. The monoisotopic (exact) mass is 394 g/mol. The molecule has 1 heterocycles. The summed E-state index contributed by atoms with van der Waals surface area (Å²) in [6.45, 7) is 5.96. The van der Waals surface area contributed by atoms with E-state index in [-0.39, 0.29) is 11.8 Å². The lowest BCUT2D eigenvalue weighted by Gasteiger charge is -2.09. The lowest BCUT2D eigenvalue weighted by Crippen LogP contribution is -2.10. The Kier molecular flexibility index (Phi) is 6.11. The highest BCUT2D eigenvalue weighted by Crippen LogP contribution is 2.23. The average molecular weight is 394 g/mol. The van der Waals surface area contributed by atoms with E-state index >= 15 is 0 Å². The highest BCUT2D eigenvalue weighted by Gasteiger charge is 2.11. The summed E-state index contributed by atoms with van der Waals surface area (Å²) in [6.07, 6.45) is 0. The van der Waals surface area contributed by atoms with Crippen molar-refractivity contribution in [3.8, 4) is 5.75 Å². The van der Waals surface area contributed by atoms with Gasteiger partial charge in [0.2, 0.25) is 5.91 Å². The van der Waals surface area contributed by atoms with Gasteiger partial charge in [-0.15, -0.1) is 11.3 Å². The van der Waals surface area contributed by atoms with Gasteiger partial charge in [0, 0.05) is 23.9 Å². The zero-order valence-corrected chi connectivity index (χ0v) is 16.9. The minimum Gasteiger partial charge on any atom is -0.489 e. The summed E-state index contributed by atoms with van der Waals surface area (Å²) in [6, 6.07) is 14.8. The van der Waals surface area contributed by atoms with Crippen LogP contribution in [0, 0.1) is 13.8 Å². The standard InChI is InChI=1S/C22H22N2O3S/c1-14-5-4-6-20(15(14)2)27-12-17-11-21(28-13-17)22(26)24-19-9-7-18(8-10-19)23-16(3)25/h4-11,13H,12H2,1-3H3,(H,23,25)(H,24,26). The van der Waals surface area contributed by atoms with Gasteiger partial charge in [-0.25, -0.2) is 0 Å². The van der Waals surface area contributed by atoms with E-state index < -0.39 is 0 Å². The molecule has 0 unspecified atom stereocenters. The molecule has 0 radical (unpaired) electrons. The Bertz CT molecular complexity index is 993. The summed E-state index contributed by atoms with van der Waals surface area (Å²) < 4.78 is 5.90. The number of anilines is 2. The van der Waals surface area contributed by atoms with E-state index in [2.05, 4.69) is 23.6 Å². The molecule has 0 atom stereocenters. The zero-order chi connectivity index (χ0) is 20.1. The molecule has 0 aliphatic carbocycles. The number of hydrogen-bond acceptors (Lipinski definition) is 4. The number of nitrogens with one attached hydrogen (secondary N) is 2. The summed E-state index contributed by atoms with van der Waals surface area (Å²) in [7, 11) is 0. The molecule has 28 heavy (non-hydrogen) atoms. The van der Waals surface area contributed by atoms with Gasteiger partial charge >= 0.3 is 0 Å². The molecule has 6 heteroatoms. The van der Waals surface area contributed by atoms with E-state index in [9.17, 15) is 9.59 Å². The Labute approximate surface area is 168 Å². The van der Waals surface area contributed by atoms with E-state index in [1.165, 1.54) is 23.8 Å². The molecule has 0 aliphatic heterocycles. The maximum Gasteiger partial charge on any atom is 0.265 e. The number of thiophene rings is 1. The number of benzene rings is 2. The number of carbonyl (C=O) groups is 2. The van der Waals surface area contributed by atoms with Crippen molar-refractivity contribution < 1.29 is 14.3 Å². The van der Waals surface area contributed by atoms with Gasteiger partial charge in [-0.1, -0.05) is 12.1 Å². The van der Waals surface area contributed by atoms with E-state index in [0.29, 0.717) is 22.9 Å². The van der Waals surface area contributed by atoms with Gasteiger partial charge in [0.15, 0.2) is 0 Å². The van der Waals surface area contributed by atoms with Crippen molar-refractivity contribution in [1.29, 1.82) is 0 Å². The minimum absolute atomic E-state index is 0.133. The first-order valence-corrected chi connectivity index (χ1v) is 9.76. The quantitative estimate of drug-likeness (QED) is 0.607. The van der Waals surface area contributed by atoms with Crippen LogP contribution in [0.25, 0.3) is 0 Å². The predicted octanol–water partition coefficient (Wildman–Crippen LogP) is 5.15. The second kappa shape index (κ2) is 8.71. The van der Waals surface area contributed by atoms with Gasteiger partial charge in [-0.2, -0.15) is 0 Å². The number of hydrogen-bond donors (Lipinski definition) is 2. The van der Waals surface area contributed by atoms with Crippen LogP contribution in [-0.4, -0.2) is 11.8 Å². The number of aryl methyl sites for hydroxylation is 1. The molecular formula is C22H22N2O3S. The molecule has 2 aromatic carbocycles. The van der Waals surface area contributed by atoms with Crippen LogP contribution >= 0.6 is 11.3 Å². The van der Waals surface area contributed by atoms with Crippen molar-refractivity contribution in [3.63, 3.8) is 0 Å². The third-order valence-corrected chi connectivity index (χ3v) is 5.27. The molecular weight excluding hydrogens is 372 g/mol. The molecule has 0 spiro atoms. The SMILES string of the molecule is CC(=O)Nc1ccc(NC(=O)c2cc(COc3cccc(C)c3C)cs2)cc1. The van der Waals surface area contributed by atoms with Crippen molar-refractivity contribution >= 4 is 34.5 Å². The number of rotatable bonds is 6. The third-order valence-electron chi connectivity index (χ3n) is 4.29. The third kappa shape index (κ3) is 4.98. The highest BCUT2D eigenvalue weighted by molar-refractivity contribution is 7.12. The molecule has 3 aromatic rings. The summed E-state index contributed by atoms with van der Waals surface area (Å²) in [5.74, 6) is 0.553. The van der Waals surface area contributed by atoms with E-state index in [0.717, 1.165) is 16.9 Å². The molecule has 0 saturated heterocycles. The van der Waals surface area contributed by atoms with Gasteiger partial charge in [-0.05, 0) is 66.8 Å². The zero-order valence-electron chi connectivity index (χ0n) is 16.0. The number of amides is 2. The molecule has 5 nitrogen and oxygen atoms in total. The molecule has 0 saturated carbocycles. The van der Waals surface area contributed by atoms with Crippen LogP contribution in [0.2, 0.25) is 0 Å². The summed E-state index contributed by atoms with van der Waals surface area (Å²) in [4.78, 5) is 24.1. The lowest BCUT2D eigenvalue weighted by molar-refractivity contribution is -0.114. The maximum atomic E-state index is 12.5. The van der Waals surface area contributed by atoms with Crippen molar-refractivity contribution in [2.24, 2.45) is 0 Å². The molecule has 0 fully saturated rings. The topological polar surface area (TPSA) is 67.4 Å². The van der Waals surface area contributed by atoms with Gasteiger partial charge in [0.25, 0.3) is 5.91 Å². The van der Waals surface area contributed by atoms with Crippen LogP contribution in [0.5, 0.6) is 5.75 Å². The summed E-state index contributed by atoms with van der Waals surface area (Å²) in [5, 5.41) is 7.48. The fourth-order valence-corrected chi connectivity index (χ4v) is 3.44. The molecule has 2 amide bonds. The number of ether oxygens (including phenoxy) is 1. The Morgan fingerprint density at radius 1 is 1.00 bits per heavy atom. The highest BCUT2D eigenvalue weighted by atomic mass is 32.1. The van der Waals surface area contributed by atoms with Crippen LogP contribution in [0.15, 0.2) is 53.9 Å². The van der Waals surface area contributed by atoms with Gasteiger partial charge in [0.1, 0.15) is 12.4 Å². The van der Waals surface area contributed by atoms with Gasteiger partial charge in [0.05, 0.1) is 4.88 Å². The van der Waals surface area contributed by atoms with Crippen molar-refractivity contribution in [1.82, 2.24) is 0 Å². The molecule has 144 valence electrons. The Morgan fingerprint density at radius 2 is 1.68 bits per heavy atom. The maximum absolute atomic E-state index is 12.5. The predicted molar refractivity (Wildman–Crippen MR) is 113 cm³/mol. The van der Waals surface area contributed by atoms with Crippen LogP contribution in [0.3, 0.4) is 0 Å². The Balaban J connectivity index is 1.59. The molecule has 2 N–H and O–H groups in total. The van der Waals surface area contributed by atoms with Gasteiger partial charge < -0.3 is 15.4 Å². The first kappa shape index (κ1) is 19.6. The number of carbonyl (C=O) groups excluding carboxylic acids is 2. The fourth-order valence-electron chi connectivity index (χ4n) is 2.64. The van der Waals surface area contributed by atoms with Crippen LogP contribution in [0.4, 0.5) is 11.4 Å². The van der Waals surface area contributed by atoms with Crippen molar-refractivity contribution in [3.05, 3.63) is 75.5 Å². The Hall–Kier alpha value is -3.12. The molecule has 3 rings (SSSR count). The molecule has 1 aromatic heterocycles. The normalized spacial score (nSPS) is 10.4. The summed E-state index contributed by atoms with van der Waals surface area (Å²) in [5.41, 5.74) is 4.62. The van der Waals surface area contributed by atoms with E-state index in [4.69, 9.17) is 4.74 Å². The van der Waals surface area contributed by atoms with Crippen molar-refractivity contribution in [2.75, 3.05) is 10.6 Å². The minimum atomic E-state index is -0.171. The van der Waals surface area contributed by atoms with Crippen molar-refractivity contribution in [2.45, 2.75) is 27.4 Å². The largest absolute Gasteiger partial charge is 0.489 e. The summed E-state index contributed by atoms with van der Waals surface area (Å²) >= 11 is 1.38. The van der Waals surface area contributed by atoms with Crippen LogP contribution in [-0.2, 0) is 11.4 Å². The Morgan fingerprint density at radius 3 is 2.36 bits per heavy atom. The van der Waals surface area contributed by atoms with Gasteiger partial charge in [-0.3, -0.25) is 9.59 Å². The van der Waals surface area contributed by atoms with Crippen LogP contribution < -0.4 is 15.4 Å².